The highest BCUT2D eigenvalue weighted by atomic mass is 35.5. The monoisotopic (exact) mass is 346 g/mol. The van der Waals surface area contributed by atoms with E-state index in [0.717, 1.165) is 28.2 Å². The number of rotatable bonds is 4. The van der Waals surface area contributed by atoms with E-state index in [-0.39, 0.29) is 0 Å². The summed E-state index contributed by atoms with van der Waals surface area (Å²) in [6, 6.07) is 13.1. The second-order valence-corrected chi connectivity index (χ2v) is 5.85. The first-order chi connectivity index (χ1) is 11.1. The third-order valence-electron chi connectivity index (χ3n) is 3.59. The lowest BCUT2D eigenvalue weighted by Gasteiger charge is -2.09. The molecule has 0 bridgehead atoms. The Bertz CT molecular complexity index is 896. The van der Waals surface area contributed by atoms with Crippen LogP contribution in [0.3, 0.4) is 0 Å². The standard InChI is InChI=1S/C17H12Cl2N2O2/c18-15-5-3-6-16(19)14(15)11-20-10-12(8-9-21(22)23)13-4-1-2-7-17(13)20/h1-10H,11H2/b9-8+. The molecular formula is C17H12Cl2N2O2. The predicted molar refractivity (Wildman–Crippen MR) is 93.5 cm³/mol. The molecule has 23 heavy (non-hydrogen) atoms. The first kappa shape index (κ1) is 15.6. The number of aromatic nitrogens is 1. The van der Waals surface area contributed by atoms with E-state index in [1.807, 2.05) is 35.0 Å². The van der Waals surface area contributed by atoms with Crippen molar-refractivity contribution < 1.29 is 4.92 Å². The van der Waals surface area contributed by atoms with Gasteiger partial charge in [-0.3, -0.25) is 10.1 Å². The van der Waals surface area contributed by atoms with Crippen molar-refractivity contribution in [3.63, 3.8) is 0 Å². The lowest BCUT2D eigenvalue weighted by molar-refractivity contribution is -0.400. The number of nitrogens with zero attached hydrogens (tertiary/aromatic N) is 2. The molecule has 0 amide bonds. The van der Waals surface area contributed by atoms with Crippen LogP contribution in [0.2, 0.25) is 10.0 Å². The molecule has 0 unspecified atom stereocenters. The van der Waals surface area contributed by atoms with Crippen LogP contribution in [0.5, 0.6) is 0 Å². The zero-order valence-corrected chi connectivity index (χ0v) is 13.5. The number of hydrogen-bond donors (Lipinski definition) is 0. The van der Waals surface area contributed by atoms with Crippen LogP contribution >= 0.6 is 23.2 Å². The van der Waals surface area contributed by atoms with Gasteiger partial charge in [-0.25, -0.2) is 0 Å². The van der Waals surface area contributed by atoms with Gasteiger partial charge in [-0.1, -0.05) is 47.5 Å². The van der Waals surface area contributed by atoms with E-state index in [9.17, 15) is 10.1 Å². The van der Waals surface area contributed by atoms with E-state index in [2.05, 4.69) is 0 Å². The molecule has 3 aromatic rings. The smallest absolute Gasteiger partial charge is 0.235 e. The quantitative estimate of drug-likeness (QED) is 0.478. The lowest BCUT2D eigenvalue weighted by atomic mass is 10.2. The van der Waals surface area contributed by atoms with Gasteiger partial charge in [-0.2, -0.15) is 0 Å². The van der Waals surface area contributed by atoms with E-state index in [4.69, 9.17) is 23.2 Å². The third-order valence-corrected chi connectivity index (χ3v) is 4.29. The van der Waals surface area contributed by atoms with Crippen LogP contribution < -0.4 is 0 Å². The largest absolute Gasteiger partial charge is 0.342 e. The van der Waals surface area contributed by atoms with Crippen LogP contribution in [0, 0.1) is 10.1 Å². The summed E-state index contributed by atoms with van der Waals surface area (Å²) in [4.78, 5) is 10.1. The lowest BCUT2D eigenvalue weighted by Crippen LogP contribution is -1.99. The fraction of sp³-hybridized carbons (Fsp3) is 0.0588. The minimum atomic E-state index is -0.475. The molecule has 4 nitrogen and oxygen atoms in total. The van der Waals surface area contributed by atoms with Gasteiger partial charge < -0.3 is 4.57 Å². The Hall–Kier alpha value is -2.30. The van der Waals surface area contributed by atoms with Gasteiger partial charge >= 0.3 is 0 Å². The van der Waals surface area contributed by atoms with Gasteiger partial charge in [0.15, 0.2) is 0 Å². The van der Waals surface area contributed by atoms with Crippen LogP contribution in [0.4, 0.5) is 0 Å². The average molecular weight is 347 g/mol. The van der Waals surface area contributed by atoms with Crippen molar-refractivity contribution in [3.8, 4) is 0 Å². The fourth-order valence-electron chi connectivity index (χ4n) is 2.53. The Balaban J connectivity index is 2.09. The molecule has 0 aliphatic carbocycles. The third kappa shape index (κ3) is 3.23. The Morgan fingerprint density at radius 2 is 1.78 bits per heavy atom. The van der Waals surface area contributed by atoms with Crippen molar-refractivity contribution in [3.05, 3.63) is 86.1 Å². The Labute approximate surface area is 142 Å². The molecule has 1 heterocycles. The Morgan fingerprint density at radius 1 is 1.09 bits per heavy atom. The number of benzene rings is 2. The summed E-state index contributed by atoms with van der Waals surface area (Å²) in [5.74, 6) is 0. The van der Waals surface area contributed by atoms with E-state index in [1.54, 1.807) is 18.2 Å². The zero-order valence-electron chi connectivity index (χ0n) is 11.9. The van der Waals surface area contributed by atoms with Crippen LogP contribution in [0.15, 0.2) is 54.9 Å². The summed E-state index contributed by atoms with van der Waals surface area (Å²) in [5.41, 5.74) is 2.56. The predicted octanol–water partition coefficient (Wildman–Crippen LogP) is 5.24. The summed E-state index contributed by atoms with van der Waals surface area (Å²) < 4.78 is 1.99. The molecule has 0 spiro atoms. The van der Waals surface area contributed by atoms with E-state index in [0.29, 0.717) is 16.6 Å². The number of hydrogen-bond acceptors (Lipinski definition) is 2. The van der Waals surface area contributed by atoms with Crippen molar-refractivity contribution >= 4 is 40.2 Å². The van der Waals surface area contributed by atoms with E-state index in [1.165, 1.54) is 6.08 Å². The summed E-state index contributed by atoms with van der Waals surface area (Å²) in [5, 5.41) is 12.7. The number of halogens is 2. The van der Waals surface area contributed by atoms with Gasteiger partial charge in [0, 0.05) is 44.3 Å². The number of para-hydroxylation sites is 1. The van der Waals surface area contributed by atoms with Crippen molar-refractivity contribution in [2.24, 2.45) is 0 Å². The van der Waals surface area contributed by atoms with Crippen molar-refractivity contribution in [1.82, 2.24) is 4.57 Å². The zero-order chi connectivity index (χ0) is 16.4. The Kier molecular flexibility index (Phi) is 4.37. The number of fused-ring (bicyclic) bond motifs is 1. The van der Waals surface area contributed by atoms with Gasteiger partial charge in [-0.05, 0) is 18.2 Å². The molecular weight excluding hydrogens is 335 g/mol. The van der Waals surface area contributed by atoms with Gasteiger partial charge in [0.2, 0.25) is 6.20 Å². The maximum absolute atomic E-state index is 10.6. The molecule has 3 rings (SSSR count). The van der Waals surface area contributed by atoms with E-state index >= 15 is 0 Å². The molecule has 0 atom stereocenters. The topological polar surface area (TPSA) is 48.1 Å². The second kappa shape index (κ2) is 6.44. The maximum Gasteiger partial charge on any atom is 0.235 e. The Morgan fingerprint density at radius 3 is 2.48 bits per heavy atom. The molecule has 1 aromatic heterocycles. The SMILES string of the molecule is O=[N+]([O-])/C=C/c1cn(Cc2c(Cl)cccc2Cl)c2ccccc12. The van der Waals surface area contributed by atoms with Gasteiger partial charge in [0.05, 0.1) is 11.5 Å². The highest BCUT2D eigenvalue weighted by Crippen LogP contribution is 2.28. The van der Waals surface area contributed by atoms with Gasteiger partial charge in [-0.15, -0.1) is 0 Å². The molecule has 0 saturated carbocycles. The minimum absolute atomic E-state index is 0.475. The van der Waals surface area contributed by atoms with Gasteiger partial charge in [0.25, 0.3) is 0 Å². The van der Waals surface area contributed by atoms with Crippen LogP contribution in [-0.2, 0) is 6.54 Å². The normalized spacial score (nSPS) is 11.4. The summed E-state index contributed by atoms with van der Waals surface area (Å²) >= 11 is 12.5. The molecule has 0 aliphatic heterocycles. The highest BCUT2D eigenvalue weighted by Gasteiger charge is 2.11. The molecule has 0 aliphatic rings. The number of nitro groups is 1. The molecule has 0 saturated heterocycles. The van der Waals surface area contributed by atoms with Crippen molar-refractivity contribution in [2.45, 2.75) is 6.54 Å². The molecule has 0 fully saturated rings. The molecule has 2 aromatic carbocycles. The first-order valence-corrected chi connectivity index (χ1v) is 7.64. The van der Waals surface area contributed by atoms with Crippen molar-refractivity contribution in [2.75, 3.05) is 0 Å². The molecule has 116 valence electrons. The first-order valence-electron chi connectivity index (χ1n) is 6.88. The molecule has 0 N–H and O–H groups in total. The highest BCUT2D eigenvalue weighted by molar-refractivity contribution is 6.36. The van der Waals surface area contributed by atoms with Crippen LogP contribution in [0.25, 0.3) is 17.0 Å². The maximum atomic E-state index is 10.6. The summed E-state index contributed by atoms with van der Waals surface area (Å²) in [6.07, 6.45) is 4.30. The second-order valence-electron chi connectivity index (χ2n) is 5.03. The molecule has 0 radical (unpaired) electrons. The average Bonchev–Trinajstić information content (AvgIpc) is 2.87. The van der Waals surface area contributed by atoms with Crippen LogP contribution in [0.1, 0.15) is 11.1 Å². The molecule has 6 heteroatoms. The van der Waals surface area contributed by atoms with Gasteiger partial charge in [0.1, 0.15) is 0 Å². The summed E-state index contributed by atoms with van der Waals surface area (Å²) in [7, 11) is 0. The van der Waals surface area contributed by atoms with E-state index < -0.39 is 4.92 Å². The van der Waals surface area contributed by atoms with Crippen molar-refractivity contribution in [1.29, 1.82) is 0 Å². The fourth-order valence-corrected chi connectivity index (χ4v) is 3.05. The summed E-state index contributed by atoms with van der Waals surface area (Å²) in [6.45, 7) is 0.491. The van der Waals surface area contributed by atoms with Crippen LogP contribution in [-0.4, -0.2) is 9.49 Å². The minimum Gasteiger partial charge on any atom is -0.342 e.